The molecule has 1 atom stereocenters. The number of aromatic nitrogens is 5. The molecule has 0 spiro atoms. The molecule has 132 valence electrons. The Balaban J connectivity index is 1.54. The van der Waals surface area contributed by atoms with E-state index in [2.05, 4.69) is 49.5 Å². The Kier molecular flexibility index (Phi) is 3.63. The Morgan fingerprint density at radius 1 is 1.15 bits per heavy atom. The van der Waals surface area contributed by atoms with Crippen LogP contribution in [0.5, 0.6) is 0 Å². The zero-order valence-corrected chi connectivity index (χ0v) is 15.7. The van der Waals surface area contributed by atoms with Gasteiger partial charge in [-0.15, -0.1) is 21.5 Å². The molecule has 0 radical (unpaired) electrons. The van der Waals surface area contributed by atoms with E-state index in [0.717, 1.165) is 48.1 Å². The minimum atomic E-state index is 0.353. The van der Waals surface area contributed by atoms with Gasteiger partial charge in [0.05, 0.1) is 5.39 Å². The first-order chi connectivity index (χ1) is 12.7. The monoisotopic (exact) mass is 364 g/mol. The summed E-state index contributed by atoms with van der Waals surface area (Å²) in [7, 11) is 0. The average Bonchev–Trinajstić information content (AvgIpc) is 3.23. The van der Waals surface area contributed by atoms with E-state index in [9.17, 15) is 0 Å². The number of hydrogen-bond donors (Lipinski definition) is 0. The summed E-state index contributed by atoms with van der Waals surface area (Å²) in [5, 5.41) is 10.0. The number of piperidine rings is 1. The number of anilines is 1. The molecule has 7 heteroatoms. The van der Waals surface area contributed by atoms with E-state index in [-0.39, 0.29) is 0 Å². The third kappa shape index (κ3) is 2.38. The molecule has 1 fully saturated rings. The van der Waals surface area contributed by atoms with E-state index in [1.165, 1.54) is 15.8 Å². The van der Waals surface area contributed by atoms with Crippen LogP contribution in [0.2, 0.25) is 0 Å². The molecule has 1 saturated heterocycles. The first-order valence-electron chi connectivity index (χ1n) is 8.97. The van der Waals surface area contributed by atoms with Crippen LogP contribution in [0.25, 0.3) is 15.9 Å². The normalized spacial score (nSPS) is 18.1. The number of fused-ring (bicyclic) bond motifs is 2. The molecule has 0 N–H and O–H groups in total. The van der Waals surface area contributed by atoms with Crippen LogP contribution in [0.15, 0.2) is 30.7 Å². The molecule has 0 aromatic carbocycles. The second-order valence-electron chi connectivity index (χ2n) is 6.93. The van der Waals surface area contributed by atoms with Gasteiger partial charge in [0.15, 0.2) is 5.65 Å². The lowest BCUT2D eigenvalue weighted by atomic mass is 9.97. The van der Waals surface area contributed by atoms with Crippen molar-refractivity contribution in [2.75, 3.05) is 18.0 Å². The molecule has 4 aromatic heterocycles. The molecule has 0 unspecified atom stereocenters. The molecule has 1 aliphatic heterocycles. The summed E-state index contributed by atoms with van der Waals surface area (Å²) in [6.07, 6.45) is 6.00. The van der Waals surface area contributed by atoms with Gasteiger partial charge in [0.2, 0.25) is 0 Å². The van der Waals surface area contributed by atoms with Gasteiger partial charge in [-0.05, 0) is 44.4 Å². The van der Waals surface area contributed by atoms with Gasteiger partial charge in [0, 0.05) is 30.1 Å². The van der Waals surface area contributed by atoms with Crippen molar-refractivity contribution in [3.63, 3.8) is 0 Å². The molecule has 5 rings (SSSR count). The third-order valence-corrected chi connectivity index (χ3v) is 6.49. The lowest BCUT2D eigenvalue weighted by molar-refractivity contribution is 0.486. The fourth-order valence-electron chi connectivity index (χ4n) is 3.92. The van der Waals surface area contributed by atoms with E-state index in [4.69, 9.17) is 0 Å². The summed E-state index contributed by atoms with van der Waals surface area (Å²) < 4.78 is 2.11. The van der Waals surface area contributed by atoms with Crippen molar-refractivity contribution in [3.05, 3.63) is 47.0 Å². The molecular weight excluding hydrogens is 344 g/mol. The average molecular weight is 364 g/mol. The fraction of sp³-hybridized carbons (Fsp3) is 0.368. The second-order valence-corrected chi connectivity index (χ2v) is 8.14. The topological polar surface area (TPSA) is 59.2 Å². The Labute approximate surface area is 155 Å². The van der Waals surface area contributed by atoms with Crippen LogP contribution in [0.1, 0.15) is 35.0 Å². The third-order valence-electron chi connectivity index (χ3n) is 5.37. The second kappa shape index (κ2) is 6.02. The quantitative estimate of drug-likeness (QED) is 0.542. The first-order valence-corrected chi connectivity index (χ1v) is 9.79. The lowest BCUT2D eigenvalue weighted by Gasteiger charge is -2.33. The van der Waals surface area contributed by atoms with Gasteiger partial charge in [0.1, 0.15) is 22.8 Å². The van der Waals surface area contributed by atoms with Gasteiger partial charge < -0.3 is 4.90 Å². The van der Waals surface area contributed by atoms with Gasteiger partial charge in [-0.3, -0.25) is 4.40 Å². The highest BCUT2D eigenvalue weighted by molar-refractivity contribution is 7.18. The molecule has 0 aliphatic carbocycles. The number of pyridine rings is 1. The molecule has 0 saturated carbocycles. The number of hydrogen-bond acceptors (Lipinski definition) is 6. The van der Waals surface area contributed by atoms with Crippen molar-refractivity contribution in [1.82, 2.24) is 24.6 Å². The summed E-state index contributed by atoms with van der Waals surface area (Å²) >= 11 is 1.75. The van der Waals surface area contributed by atoms with E-state index in [1.54, 1.807) is 17.7 Å². The first kappa shape index (κ1) is 15.7. The zero-order valence-electron chi connectivity index (χ0n) is 14.9. The SMILES string of the molecule is Cc1sc2ncnc(N3CCC[C@H](c4nnc5ccccn45)C3)c2c1C. The van der Waals surface area contributed by atoms with E-state index < -0.39 is 0 Å². The van der Waals surface area contributed by atoms with Crippen LogP contribution in [-0.2, 0) is 0 Å². The van der Waals surface area contributed by atoms with Crippen LogP contribution in [0, 0.1) is 13.8 Å². The van der Waals surface area contributed by atoms with Crippen molar-refractivity contribution >= 4 is 33.0 Å². The van der Waals surface area contributed by atoms with Crippen molar-refractivity contribution in [1.29, 1.82) is 0 Å². The molecule has 0 amide bonds. The number of rotatable bonds is 2. The fourth-order valence-corrected chi connectivity index (χ4v) is 4.91. The van der Waals surface area contributed by atoms with E-state index in [0.29, 0.717) is 5.92 Å². The highest BCUT2D eigenvalue weighted by atomic mass is 32.1. The summed E-state index contributed by atoms with van der Waals surface area (Å²) in [6.45, 7) is 6.27. The van der Waals surface area contributed by atoms with Gasteiger partial charge in [-0.25, -0.2) is 9.97 Å². The van der Waals surface area contributed by atoms with Crippen molar-refractivity contribution in [2.24, 2.45) is 0 Å². The molecule has 6 nitrogen and oxygen atoms in total. The van der Waals surface area contributed by atoms with Crippen LogP contribution < -0.4 is 4.90 Å². The van der Waals surface area contributed by atoms with Gasteiger partial charge in [-0.1, -0.05) is 6.07 Å². The molecule has 5 heterocycles. The standard InChI is InChI=1S/C19H20N6S/c1-12-13(2)26-19-16(12)18(20-11-21-19)24-8-5-6-14(10-24)17-23-22-15-7-3-4-9-25(15)17/h3-4,7,9,11,14H,5-6,8,10H2,1-2H3/t14-/m0/s1. The summed E-state index contributed by atoms with van der Waals surface area (Å²) in [5.41, 5.74) is 2.21. The predicted octanol–water partition coefficient (Wildman–Crippen LogP) is 3.73. The smallest absolute Gasteiger partial charge is 0.160 e. The zero-order chi connectivity index (χ0) is 17.7. The molecule has 26 heavy (non-hydrogen) atoms. The predicted molar refractivity (Wildman–Crippen MR) is 104 cm³/mol. The molecule has 0 bridgehead atoms. The van der Waals surface area contributed by atoms with Crippen LogP contribution in [0.3, 0.4) is 0 Å². The summed E-state index contributed by atoms with van der Waals surface area (Å²) in [5.74, 6) is 2.47. The Morgan fingerprint density at radius 3 is 3.00 bits per heavy atom. The summed E-state index contributed by atoms with van der Waals surface area (Å²) in [6, 6.07) is 6.04. The van der Waals surface area contributed by atoms with Gasteiger partial charge in [0.25, 0.3) is 0 Å². The van der Waals surface area contributed by atoms with Crippen LogP contribution >= 0.6 is 11.3 Å². The number of aryl methyl sites for hydroxylation is 2. The maximum absolute atomic E-state index is 4.66. The highest BCUT2D eigenvalue weighted by Crippen LogP contribution is 2.36. The van der Waals surface area contributed by atoms with E-state index in [1.807, 2.05) is 18.2 Å². The number of nitrogens with zero attached hydrogens (tertiary/aromatic N) is 6. The molecule has 4 aromatic rings. The minimum absolute atomic E-state index is 0.353. The van der Waals surface area contributed by atoms with Gasteiger partial charge >= 0.3 is 0 Å². The van der Waals surface area contributed by atoms with E-state index >= 15 is 0 Å². The van der Waals surface area contributed by atoms with Gasteiger partial charge in [-0.2, -0.15) is 0 Å². The largest absolute Gasteiger partial charge is 0.355 e. The molecular formula is C19H20N6S. The minimum Gasteiger partial charge on any atom is -0.355 e. The van der Waals surface area contributed by atoms with Crippen molar-refractivity contribution < 1.29 is 0 Å². The Morgan fingerprint density at radius 2 is 2.08 bits per heavy atom. The summed E-state index contributed by atoms with van der Waals surface area (Å²) in [4.78, 5) is 13.9. The number of thiophene rings is 1. The van der Waals surface area contributed by atoms with Crippen LogP contribution in [-0.4, -0.2) is 37.7 Å². The maximum atomic E-state index is 4.66. The highest BCUT2D eigenvalue weighted by Gasteiger charge is 2.27. The Bertz CT molecular complexity index is 1100. The lowest BCUT2D eigenvalue weighted by Crippen LogP contribution is -2.35. The molecule has 1 aliphatic rings. The van der Waals surface area contributed by atoms with Crippen LogP contribution in [0.4, 0.5) is 5.82 Å². The maximum Gasteiger partial charge on any atom is 0.160 e. The van der Waals surface area contributed by atoms with Crippen molar-refractivity contribution in [3.8, 4) is 0 Å². The Hall–Kier alpha value is -2.54. The van der Waals surface area contributed by atoms with Crippen molar-refractivity contribution in [2.45, 2.75) is 32.6 Å².